The first-order valence-electron chi connectivity index (χ1n) is 5.72. The molecule has 0 saturated heterocycles. The number of benzene rings is 1. The highest BCUT2D eigenvalue weighted by Gasteiger charge is 2.04. The molecule has 0 atom stereocenters. The Bertz CT molecular complexity index is 678. The molecule has 0 saturated carbocycles. The Balaban J connectivity index is 2.03. The largest absolute Gasteiger partial charge is 0.477 e. The highest BCUT2D eigenvalue weighted by atomic mass is 35.5. The lowest BCUT2D eigenvalue weighted by Crippen LogP contribution is -2.03. The first-order valence-corrected chi connectivity index (χ1v) is 6.09. The lowest BCUT2D eigenvalue weighted by molar-refractivity contribution is 0.0690. The van der Waals surface area contributed by atoms with E-state index in [1.807, 2.05) is 6.07 Å². The molecule has 2 N–H and O–H groups in total. The van der Waals surface area contributed by atoms with Gasteiger partial charge in [0.05, 0.1) is 10.6 Å². The second-order valence-electron chi connectivity index (χ2n) is 4.02. The van der Waals surface area contributed by atoms with E-state index >= 15 is 0 Å². The minimum atomic E-state index is -1.05. The van der Waals surface area contributed by atoms with Crippen LogP contribution in [0.4, 0.5) is 5.69 Å². The summed E-state index contributed by atoms with van der Waals surface area (Å²) in [5.41, 5.74) is 2.05. The SMILES string of the molecule is N#Cc1ccc(NCc2ccc(C(=O)O)nc2)cc1Cl. The normalized spacial score (nSPS) is 9.80. The van der Waals surface area contributed by atoms with Crippen molar-refractivity contribution in [3.05, 3.63) is 58.4 Å². The zero-order chi connectivity index (χ0) is 14.5. The second kappa shape index (κ2) is 6.04. The van der Waals surface area contributed by atoms with Crippen molar-refractivity contribution in [3.8, 4) is 6.07 Å². The Morgan fingerprint density at radius 1 is 1.40 bits per heavy atom. The summed E-state index contributed by atoms with van der Waals surface area (Å²) in [4.78, 5) is 14.5. The van der Waals surface area contributed by atoms with Crippen molar-refractivity contribution in [2.45, 2.75) is 6.54 Å². The summed E-state index contributed by atoms with van der Waals surface area (Å²) in [6.07, 6.45) is 1.50. The molecule has 0 bridgehead atoms. The van der Waals surface area contributed by atoms with Crippen molar-refractivity contribution in [3.63, 3.8) is 0 Å². The minimum Gasteiger partial charge on any atom is -0.477 e. The van der Waals surface area contributed by atoms with E-state index < -0.39 is 5.97 Å². The molecule has 2 rings (SSSR count). The third-order valence-electron chi connectivity index (χ3n) is 2.63. The summed E-state index contributed by atoms with van der Waals surface area (Å²) < 4.78 is 0. The summed E-state index contributed by atoms with van der Waals surface area (Å²) in [6.45, 7) is 0.481. The molecule has 100 valence electrons. The van der Waals surface area contributed by atoms with Gasteiger partial charge < -0.3 is 10.4 Å². The molecule has 2 aromatic rings. The molecule has 0 aliphatic carbocycles. The Morgan fingerprint density at radius 3 is 2.75 bits per heavy atom. The highest BCUT2D eigenvalue weighted by molar-refractivity contribution is 6.32. The van der Waals surface area contributed by atoms with Crippen LogP contribution < -0.4 is 5.32 Å². The van der Waals surface area contributed by atoms with E-state index in [-0.39, 0.29) is 5.69 Å². The molecule has 1 heterocycles. The van der Waals surface area contributed by atoms with Gasteiger partial charge in [-0.05, 0) is 29.8 Å². The Hall–Kier alpha value is -2.58. The minimum absolute atomic E-state index is 0.00941. The van der Waals surface area contributed by atoms with Crippen molar-refractivity contribution < 1.29 is 9.90 Å². The topological polar surface area (TPSA) is 86.0 Å². The van der Waals surface area contributed by atoms with E-state index in [0.717, 1.165) is 11.3 Å². The summed E-state index contributed by atoms with van der Waals surface area (Å²) in [5.74, 6) is -1.05. The molecule has 6 heteroatoms. The van der Waals surface area contributed by atoms with Crippen molar-refractivity contribution in [2.75, 3.05) is 5.32 Å². The smallest absolute Gasteiger partial charge is 0.354 e. The van der Waals surface area contributed by atoms with Gasteiger partial charge in [0.1, 0.15) is 11.8 Å². The maximum Gasteiger partial charge on any atom is 0.354 e. The van der Waals surface area contributed by atoms with Crippen LogP contribution in [0, 0.1) is 11.3 Å². The quantitative estimate of drug-likeness (QED) is 0.903. The number of halogens is 1. The maximum atomic E-state index is 10.7. The third kappa shape index (κ3) is 3.25. The first kappa shape index (κ1) is 13.8. The number of hydrogen-bond donors (Lipinski definition) is 2. The van der Waals surface area contributed by atoms with Crippen LogP contribution in [0.1, 0.15) is 21.6 Å². The summed E-state index contributed by atoms with van der Waals surface area (Å²) >= 11 is 5.93. The van der Waals surface area contributed by atoms with E-state index in [1.165, 1.54) is 12.3 Å². The van der Waals surface area contributed by atoms with Crippen molar-refractivity contribution >= 4 is 23.3 Å². The van der Waals surface area contributed by atoms with E-state index in [9.17, 15) is 4.79 Å². The molecular formula is C14H10ClN3O2. The molecule has 1 aromatic carbocycles. The highest BCUT2D eigenvalue weighted by Crippen LogP contribution is 2.20. The van der Waals surface area contributed by atoms with Gasteiger partial charge in [0, 0.05) is 18.4 Å². The number of nitrogens with one attached hydrogen (secondary N) is 1. The van der Waals surface area contributed by atoms with Crippen molar-refractivity contribution in [1.29, 1.82) is 5.26 Å². The molecule has 0 fully saturated rings. The van der Waals surface area contributed by atoms with Gasteiger partial charge in [-0.3, -0.25) is 0 Å². The van der Waals surface area contributed by atoms with Gasteiger partial charge in [-0.25, -0.2) is 9.78 Å². The molecule has 0 radical (unpaired) electrons. The van der Waals surface area contributed by atoms with Crippen LogP contribution in [-0.4, -0.2) is 16.1 Å². The lowest BCUT2D eigenvalue weighted by Gasteiger charge is -2.07. The zero-order valence-corrected chi connectivity index (χ0v) is 11.1. The molecule has 0 spiro atoms. The molecule has 0 aliphatic rings. The number of pyridine rings is 1. The number of aromatic nitrogens is 1. The molecule has 1 aromatic heterocycles. The third-order valence-corrected chi connectivity index (χ3v) is 2.94. The predicted molar refractivity (Wildman–Crippen MR) is 74.7 cm³/mol. The number of rotatable bonds is 4. The van der Waals surface area contributed by atoms with Crippen LogP contribution >= 0.6 is 11.6 Å². The molecular weight excluding hydrogens is 278 g/mol. The van der Waals surface area contributed by atoms with Crippen LogP contribution in [0.2, 0.25) is 5.02 Å². The van der Waals surface area contributed by atoms with E-state index in [2.05, 4.69) is 10.3 Å². The van der Waals surface area contributed by atoms with Crippen LogP contribution in [0.3, 0.4) is 0 Å². The number of carboxylic acids is 1. The lowest BCUT2D eigenvalue weighted by atomic mass is 10.2. The van der Waals surface area contributed by atoms with Crippen LogP contribution in [0.15, 0.2) is 36.5 Å². The fourth-order valence-electron chi connectivity index (χ4n) is 1.58. The first-order chi connectivity index (χ1) is 9.60. The number of nitriles is 1. The van der Waals surface area contributed by atoms with Crippen LogP contribution in [0.5, 0.6) is 0 Å². The van der Waals surface area contributed by atoms with E-state index in [0.29, 0.717) is 17.1 Å². The number of carbonyl (C=O) groups is 1. The van der Waals surface area contributed by atoms with E-state index in [4.69, 9.17) is 22.0 Å². The number of anilines is 1. The number of aromatic carboxylic acids is 1. The molecule has 20 heavy (non-hydrogen) atoms. The number of carboxylic acid groups (broad SMARTS) is 1. The van der Waals surface area contributed by atoms with Crippen LogP contribution in [0.25, 0.3) is 0 Å². The monoisotopic (exact) mass is 287 g/mol. The average molecular weight is 288 g/mol. The van der Waals surface area contributed by atoms with Gasteiger partial charge in [-0.2, -0.15) is 5.26 Å². The summed E-state index contributed by atoms with van der Waals surface area (Å²) in [6, 6.07) is 10.2. The van der Waals surface area contributed by atoms with Gasteiger partial charge in [0.2, 0.25) is 0 Å². The van der Waals surface area contributed by atoms with Crippen molar-refractivity contribution in [1.82, 2.24) is 4.98 Å². The summed E-state index contributed by atoms with van der Waals surface area (Å²) in [5, 5.41) is 21.0. The van der Waals surface area contributed by atoms with Crippen molar-refractivity contribution in [2.24, 2.45) is 0 Å². The molecule has 0 aliphatic heterocycles. The zero-order valence-electron chi connectivity index (χ0n) is 10.3. The fourth-order valence-corrected chi connectivity index (χ4v) is 1.80. The summed E-state index contributed by atoms with van der Waals surface area (Å²) in [7, 11) is 0. The number of nitrogens with zero attached hydrogens (tertiary/aromatic N) is 2. The number of hydrogen-bond acceptors (Lipinski definition) is 4. The maximum absolute atomic E-state index is 10.7. The van der Waals surface area contributed by atoms with Gasteiger partial charge >= 0.3 is 5.97 Å². The van der Waals surface area contributed by atoms with Gasteiger partial charge in [-0.15, -0.1) is 0 Å². The predicted octanol–water partition coefficient (Wildman–Crippen LogP) is 2.92. The van der Waals surface area contributed by atoms with Crippen LogP contribution in [-0.2, 0) is 6.54 Å². The Labute approximate surface area is 120 Å². The Kier molecular flexibility index (Phi) is 4.18. The second-order valence-corrected chi connectivity index (χ2v) is 4.42. The van der Waals surface area contributed by atoms with E-state index in [1.54, 1.807) is 24.3 Å². The van der Waals surface area contributed by atoms with Gasteiger partial charge in [0.15, 0.2) is 0 Å². The molecule has 0 unspecified atom stereocenters. The Morgan fingerprint density at radius 2 is 2.20 bits per heavy atom. The molecule has 5 nitrogen and oxygen atoms in total. The molecule has 0 amide bonds. The van der Waals surface area contributed by atoms with Gasteiger partial charge in [0.25, 0.3) is 0 Å². The standard InChI is InChI=1S/C14H10ClN3O2/c15-12-5-11(3-2-10(12)6-16)17-7-9-1-4-13(14(19)20)18-8-9/h1-5,8,17H,7H2,(H,19,20). The fraction of sp³-hybridized carbons (Fsp3) is 0.0714. The average Bonchev–Trinajstić information content (AvgIpc) is 2.45. The van der Waals surface area contributed by atoms with Gasteiger partial charge in [-0.1, -0.05) is 17.7 Å².